The van der Waals surface area contributed by atoms with Crippen LogP contribution >= 0.6 is 0 Å². The summed E-state index contributed by atoms with van der Waals surface area (Å²) < 4.78 is 49.3. The maximum absolute atomic E-state index is 13.0. The van der Waals surface area contributed by atoms with Gasteiger partial charge < -0.3 is 14.4 Å². The number of ether oxygens (including phenoxy) is 2. The van der Waals surface area contributed by atoms with Crippen molar-refractivity contribution in [1.29, 1.82) is 0 Å². The summed E-state index contributed by atoms with van der Waals surface area (Å²) in [6.45, 7) is -0.419. The Labute approximate surface area is 143 Å². The number of alkyl halides is 3. The van der Waals surface area contributed by atoms with Gasteiger partial charge in [-0.05, 0) is 35.9 Å². The predicted molar refractivity (Wildman–Crippen MR) is 86.4 cm³/mol. The minimum Gasteiger partial charge on any atom is -0.497 e. The number of methoxy groups -OCH3 is 1. The van der Waals surface area contributed by atoms with Gasteiger partial charge in [0.1, 0.15) is 11.5 Å². The third-order valence-electron chi connectivity index (χ3n) is 3.58. The van der Waals surface area contributed by atoms with Crippen LogP contribution in [0.5, 0.6) is 11.5 Å². The quantitative estimate of drug-likeness (QED) is 0.794. The van der Waals surface area contributed by atoms with Crippen LogP contribution in [0.3, 0.4) is 0 Å². The molecular formula is C18H18F3NO3. The average Bonchev–Trinajstić information content (AvgIpc) is 2.59. The van der Waals surface area contributed by atoms with E-state index in [1.165, 1.54) is 37.3 Å². The molecule has 2 rings (SSSR count). The SMILES string of the molecule is COc1ccc(OCC(=O)N(C)Cc2ccccc2C(F)(F)F)cc1. The van der Waals surface area contributed by atoms with Crippen LogP contribution < -0.4 is 9.47 Å². The number of halogens is 3. The van der Waals surface area contributed by atoms with Crippen LogP contribution in [0.15, 0.2) is 48.5 Å². The molecule has 0 unspecified atom stereocenters. The van der Waals surface area contributed by atoms with Crippen LogP contribution in [0.25, 0.3) is 0 Å². The number of hydrogen-bond donors (Lipinski definition) is 0. The molecule has 2 aromatic rings. The first-order chi connectivity index (χ1) is 11.8. The first kappa shape index (κ1) is 18.6. The van der Waals surface area contributed by atoms with E-state index in [0.29, 0.717) is 11.5 Å². The third-order valence-corrected chi connectivity index (χ3v) is 3.58. The average molecular weight is 353 g/mol. The lowest BCUT2D eigenvalue weighted by atomic mass is 10.1. The lowest BCUT2D eigenvalue weighted by Gasteiger charge is -2.20. The fraction of sp³-hybridized carbons (Fsp3) is 0.278. The van der Waals surface area contributed by atoms with Gasteiger partial charge in [-0.3, -0.25) is 4.79 Å². The number of carbonyl (C=O) groups is 1. The Kier molecular flexibility index (Phi) is 5.90. The molecular weight excluding hydrogens is 335 g/mol. The van der Waals surface area contributed by atoms with E-state index in [4.69, 9.17) is 9.47 Å². The highest BCUT2D eigenvalue weighted by atomic mass is 19.4. The molecule has 0 N–H and O–H groups in total. The van der Waals surface area contributed by atoms with Crippen molar-refractivity contribution < 1.29 is 27.4 Å². The summed E-state index contributed by atoms with van der Waals surface area (Å²) in [5, 5.41) is 0. The first-order valence-electron chi connectivity index (χ1n) is 7.47. The molecule has 0 bridgehead atoms. The van der Waals surface area contributed by atoms with Gasteiger partial charge in [0.25, 0.3) is 5.91 Å². The molecule has 7 heteroatoms. The molecule has 134 valence electrons. The molecule has 0 spiro atoms. The molecule has 0 aromatic heterocycles. The maximum atomic E-state index is 13.0. The molecule has 25 heavy (non-hydrogen) atoms. The van der Waals surface area contributed by atoms with Gasteiger partial charge in [0.2, 0.25) is 0 Å². The summed E-state index contributed by atoms with van der Waals surface area (Å²) in [7, 11) is 2.97. The van der Waals surface area contributed by atoms with Gasteiger partial charge in [-0.25, -0.2) is 0 Å². The Morgan fingerprint density at radius 1 is 1.04 bits per heavy atom. The fourth-order valence-corrected chi connectivity index (χ4v) is 2.21. The molecule has 0 aliphatic heterocycles. The summed E-state index contributed by atoms with van der Waals surface area (Å²) in [6, 6.07) is 11.8. The number of amides is 1. The van der Waals surface area contributed by atoms with Crippen LogP contribution in [0.4, 0.5) is 13.2 Å². The second kappa shape index (κ2) is 7.92. The van der Waals surface area contributed by atoms with Crippen LogP contribution in [0.1, 0.15) is 11.1 Å². The van der Waals surface area contributed by atoms with Gasteiger partial charge in [-0.2, -0.15) is 13.2 Å². The number of carbonyl (C=O) groups excluding carboxylic acids is 1. The summed E-state index contributed by atoms with van der Waals surface area (Å²) >= 11 is 0. The van der Waals surface area contributed by atoms with E-state index in [0.717, 1.165) is 6.07 Å². The van der Waals surface area contributed by atoms with Gasteiger partial charge >= 0.3 is 6.18 Å². The molecule has 0 atom stereocenters. The minimum atomic E-state index is -4.46. The Morgan fingerprint density at radius 2 is 1.64 bits per heavy atom. The van der Waals surface area contributed by atoms with Gasteiger partial charge in [-0.15, -0.1) is 0 Å². The lowest BCUT2D eigenvalue weighted by molar-refractivity contribution is -0.140. The Balaban J connectivity index is 1.96. The molecule has 4 nitrogen and oxygen atoms in total. The van der Waals surface area contributed by atoms with Crippen molar-refractivity contribution in [1.82, 2.24) is 4.90 Å². The zero-order valence-corrected chi connectivity index (χ0v) is 13.8. The predicted octanol–water partition coefficient (Wildman–Crippen LogP) is 3.75. The number of rotatable bonds is 6. The monoisotopic (exact) mass is 353 g/mol. The molecule has 2 aromatic carbocycles. The van der Waals surface area contributed by atoms with Crippen LogP contribution in [-0.4, -0.2) is 31.6 Å². The second-order valence-corrected chi connectivity index (χ2v) is 5.37. The van der Waals surface area contributed by atoms with Gasteiger partial charge in [0.05, 0.1) is 12.7 Å². The molecule has 0 radical (unpaired) electrons. The Hall–Kier alpha value is -2.70. The van der Waals surface area contributed by atoms with E-state index < -0.39 is 17.6 Å². The number of nitrogens with zero attached hydrogens (tertiary/aromatic N) is 1. The second-order valence-electron chi connectivity index (χ2n) is 5.37. The molecule has 0 aliphatic carbocycles. The molecule has 0 aliphatic rings. The number of hydrogen-bond acceptors (Lipinski definition) is 3. The van der Waals surface area contributed by atoms with Crippen molar-refractivity contribution in [3.05, 3.63) is 59.7 Å². The molecule has 0 saturated heterocycles. The standard InChI is InChI=1S/C18H18F3NO3/c1-22(11-13-5-3-4-6-16(13)18(19,20)21)17(23)12-25-15-9-7-14(24-2)8-10-15/h3-10H,11-12H2,1-2H3. The van der Waals surface area contributed by atoms with E-state index in [-0.39, 0.29) is 18.7 Å². The number of likely N-dealkylation sites (N-methyl/N-ethyl adjacent to an activating group) is 1. The first-order valence-corrected chi connectivity index (χ1v) is 7.47. The van der Waals surface area contributed by atoms with Crippen molar-refractivity contribution in [2.45, 2.75) is 12.7 Å². The van der Waals surface area contributed by atoms with Crippen molar-refractivity contribution >= 4 is 5.91 Å². The van der Waals surface area contributed by atoms with Gasteiger partial charge in [0.15, 0.2) is 6.61 Å². The topological polar surface area (TPSA) is 38.8 Å². The van der Waals surface area contributed by atoms with Crippen molar-refractivity contribution in [2.24, 2.45) is 0 Å². The van der Waals surface area contributed by atoms with E-state index in [9.17, 15) is 18.0 Å². The molecule has 0 saturated carbocycles. The highest BCUT2D eigenvalue weighted by molar-refractivity contribution is 5.77. The summed E-state index contributed by atoms with van der Waals surface area (Å²) in [5.74, 6) is 0.700. The van der Waals surface area contributed by atoms with Crippen LogP contribution in [-0.2, 0) is 17.5 Å². The number of benzene rings is 2. The van der Waals surface area contributed by atoms with E-state index >= 15 is 0 Å². The van der Waals surface area contributed by atoms with Gasteiger partial charge in [0, 0.05) is 13.6 Å². The minimum absolute atomic E-state index is 0.0373. The van der Waals surface area contributed by atoms with E-state index in [1.54, 1.807) is 24.3 Å². The van der Waals surface area contributed by atoms with Gasteiger partial charge in [-0.1, -0.05) is 18.2 Å². The Bertz CT molecular complexity index is 714. The van der Waals surface area contributed by atoms with Crippen LogP contribution in [0, 0.1) is 0 Å². The highest BCUT2D eigenvalue weighted by Gasteiger charge is 2.33. The summed E-state index contributed by atoms with van der Waals surface area (Å²) in [4.78, 5) is 13.3. The zero-order valence-electron chi connectivity index (χ0n) is 13.8. The normalized spacial score (nSPS) is 11.1. The van der Waals surface area contributed by atoms with Crippen LogP contribution in [0.2, 0.25) is 0 Å². The van der Waals surface area contributed by atoms with Crippen molar-refractivity contribution in [3.63, 3.8) is 0 Å². The largest absolute Gasteiger partial charge is 0.497 e. The smallest absolute Gasteiger partial charge is 0.416 e. The molecule has 1 amide bonds. The van der Waals surface area contributed by atoms with E-state index in [1.807, 2.05) is 0 Å². The fourth-order valence-electron chi connectivity index (χ4n) is 2.21. The highest BCUT2D eigenvalue weighted by Crippen LogP contribution is 2.32. The molecule has 0 fully saturated rings. The summed E-state index contributed by atoms with van der Waals surface area (Å²) in [6.07, 6.45) is -4.46. The van der Waals surface area contributed by atoms with Crippen molar-refractivity contribution in [3.8, 4) is 11.5 Å². The maximum Gasteiger partial charge on any atom is 0.416 e. The van der Waals surface area contributed by atoms with Crippen molar-refractivity contribution in [2.75, 3.05) is 20.8 Å². The van der Waals surface area contributed by atoms with E-state index in [2.05, 4.69) is 0 Å². The Morgan fingerprint density at radius 3 is 2.24 bits per heavy atom. The zero-order chi connectivity index (χ0) is 18.4. The molecule has 0 heterocycles. The summed E-state index contributed by atoms with van der Waals surface area (Å²) in [5.41, 5.74) is -0.707. The third kappa shape index (κ3) is 5.14. The lowest BCUT2D eigenvalue weighted by Crippen LogP contribution is -2.31.